The van der Waals surface area contributed by atoms with Crippen LogP contribution in [0.25, 0.3) is 0 Å². The molecule has 0 saturated carbocycles. The van der Waals surface area contributed by atoms with E-state index in [4.69, 9.17) is 4.74 Å². The van der Waals surface area contributed by atoms with Gasteiger partial charge in [-0.1, -0.05) is 42.5 Å². The minimum Gasteiger partial charge on any atom is -0.457 e. The molecule has 0 aliphatic rings. The van der Waals surface area contributed by atoms with E-state index in [1.54, 1.807) is 24.3 Å². The van der Waals surface area contributed by atoms with Crippen molar-refractivity contribution in [3.05, 3.63) is 92.1 Å². The highest BCUT2D eigenvalue weighted by molar-refractivity contribution is 9.10. The first-order chi connectivity index (χ1) is 14.5. The number of thiophene rings is 1. The van der Waals surface area contributed by atoms with E-state index in [-0.39, 0.29) is 37.7 Å². The van der Waals surface area contributed by atoms with E-state index >= 15 is 0 Å². The summed E-state index contributed by atoms with van der Waals surface area (Å²) in [6.45, 7) is 0.479. The normalized spacial score (nSPS) is 10.4. The zero-order chi connectivity index (χ0) is 21.3. The van der Waals surface area contributed by atoms with Crippen LogP contribution in [-0.2, 0) is 22.7 Å². The lowest BCUT2D eigenvalue weighted by Gasteiger charge is -2.08. The zero-order valence-corrected chi connectivity index (χ0v) is 18.5. The molecule has 0 spiro atoms. The van der Waals surface area contributed by atoms with Crippen molar-refractivity contribution in [2.75, 3.05) is 0 Å². The van der Waals surface area contributed by atoms with Crippen LogP contribution in [0.15, 0.2) is 70.5 Å². The van der Waals surface area contributed by atoms with Gasteiger partial charge in [-0.25, -0.2) is 4.79 Å². The molecule has 0 aliphatic heterocycles. The Bertz CT molecular complexity index is 1030. The Hall–Kier alpha value is -2.77. The number of carbonyl (C=O) groups is 3. The zero-order valence-electron chi connectivity index (χ0n) is 16.1. The lowest BCUT2D eigenvalue weighted by molar-refractivity contribution is -0.121. The molecule has 154 valence electrons. The number of rotatable bonds is 9. The van der Waals surface area contributed by atoms with Gasteiger partial charge in [0.1, 0.15) is 6.61 Å². The Kier molecular flexibility index (Phi) is 7.93. The smallest absolute Gasteiger partial charge is 0.338 e. The number of ether oxygens (including phenoxy) is 1. The first-order valence-electron chi connectivity index (χ1n) is 9.35. The Morgan fingerprint density at radius 3 is 2.43 bits per heavy atom. The van der Waals surface area contributed by atoms with Gasteiger partial charge in [-0.3, -0.25) is 9.59 Å². The molecule has 30 heavy (non-hydrogen) atoms. The van der Waals surface area contributed by atoms with Crippen LogP contribution in [0.2, 0.25) is 0 Å². The lowest BCUT2D eigenvalue weighted by Crippen LogP contribution is -2.23. The van der Waals surface area contributed by atoms with Gasteiger partial charge in [0, 0.05) is 29.2 Å². The summed E-state index contributed by atoms with van der Waals surface area (Å²) in [5, 5.41) is 4.62. The molecule has 2 aromatic carbocycles. The Labute approximate surface area is 187 Å². The summed E-state index contributed by atoms with van der Waals surface area (Å²) in [6.07, 6.45) is 0.276. The predicted octanol–water partition coefficient (Wildman–Crippen LogP) is 5.15. The third kappa shape index (κ3) is 6.64. The van der Waals surface area contributed by atoms with Crippen molar-refractivity contribution < 1.29 is 19.1 Å². The van der Waals surface area contributed by atoms with Crippen LogP contribution in [0.1, 0.15) is 44.0 Å². The Morgan fingerprint density at radius 1 is 0.933 bits per heavy atom. The van der Waals surface area contributed by atoms with Crippen LogP contribution in [0.4, 0.5) is 0 Å². The number of halogens is 1. The number of Topliss-reactive ketones (excluding diaryl/α,β-unsaturated/α-hetero) is 1. The molecule has 0 radical (unpaired) electrons. The largest absolute Gasteiger partial charge is 0.457 e. The fraction of sp³-hybridized carbons (Fsp3) is 0.174. The summed E-state index contributed by atoms with van der Waals surface area (Å²) >= 11 is 4.67. The van der Waals surface area contributed by atoms with E-state index in [9.17, 15) is 14.4 Å². The first-order valence-corrected chi connectivity index (χ1v) is 11.0. The van der Waals surface area contributed by atoms with Crippen LogP contribution in [0, 0.1) is 0 Å². The summed E-state index contributed by atoms with van der Waals surface area (Å²) in [7, 11) is 0. The summed E-state index contributed by atoms with van der Waals surface area (Å²) < 4.78 is 6.20. The standard InChI is InChI=1S/C23H20BrNO4S/c24-19-12-21(30-15-19)20(26)9-10-22(27)25-13-17-7-4-8-18(11-17)23(28)29-14-16-5-2-1-3-6-16/h1-8,11-12,15H,9-10,13-14H2,(H,25,27). The molecule has 0 aliphatic carbocycles. The fourth-order valence-corrected chi connectivity index (χ4v) is 4.11. The van der Waals surface area contributed by atoms with E-state index in [0.717, 1.165) is 15.6 Å². The van der Waals surface area contributed by atoms with Crippen molar-refractivity contribution in [1.82, 2.24) is 5.32 Å². The number of ketones is 1. The van der Waals surface area contributed by atoms with Crippen LogP contribution >= 0.6 is 27.3 Å². The summed E-state index contributed by atoms with van der Waals surface area (Å²) in [5.74, 6) is -0.681. The number of benzene rings is 2. The van der Waals surface area contributed by atoms with E-state index in [1.807, 2.05) is 41.8 Å². The van der Waals surface area contributed by atoms with E-state index in [2.05, 4.69) is 21.2 Å². The quantitative estimate of drug-likeness (QED) is 0.336. The van der Waals surface area contributed by atoms with Gasteiger partial charge in [0.05, 0.1) is 10.4 Å². The topological polar surface area (TPSA) is 72.5 Å². The van der Waals surface area contributed by atoms with E-state index < -0.39 is 5.97 Å². The number of esters is 1. The molecule has 0 bridgehead atoms. The second kappa shape index (κ2) is 10.8. The Morgan fingerprint density at radius 2 is 1.70 bits per heavy atom. The monoisotopic (exact) mass is 485 g/mol. The molecule has 1 heterocycles. The third-order valence-corrected chi connectivity index (χ3v) is 6.02. The SMILES string of the molecule is O=C(CCC(=O)c1cc(Br)cs1)NCc1cccc(C(=O)OCc2ccccc2)c1. The van der Waals surface area contributed by atoms with Crippen LogP contribution in [0.3, 0.4) is 0 Å². The minimum atomic E-state index is -0.417. The van der Waals surface area contributed by atoms with Crippen molar-refractivity contribution in [2.45, 2.75) is 26.0 Å². The summed E-state index contributed by atoms with van der Waals surface area (Å²) in [5.41, 5.74) is 2.13. The lowest BCUT2D eigenvalue weighted by atomic mass is 10.1. The number of hydrogen-bond acceptors (Lipinski definition) is 5. The molecule has 0 unspecified atom stereocenters. The molecule has 1 amide bonds. The van der Waals surface area contributed by atoms with Gasteiger partial charge in [0.15, 0.2) is 5.78 Å². The van der Waals surface area contributed by atoms with Crippen molar-refractivity contribution >= 4 is 44.9 Å². The maximum Gasteiger partial charge on any atom is 0.338 e. The van der Waals surface area contributed by atoms with Crippen LogP contribution in [-0.4, -0.2) is 17.7 Å². The highest BCUT2D eigenvalue weighted by Gasteiger charge is 2.12. The Balaban J connectivity index is 1.45. The highest BCUT2D eigenvalue weighted by Crippen LogP contribution is 2.21. The maximum absolute atomic E-state index is 12.3. The van der Waals surface area contributed by atoms with Gasteiger partial charge in [-0.2, -0.15) is 0 Å². The summed E-state index contributed by atoms with van der Waals surface area (Å²) in [6, 6.07) is 18.2. The van der Waals surface area contributed by atoms with E-state index in [1.165, 1.54) is 11.3 Å². The third-order valence-electron chi connectivity index (χ3n) is 4.29. The van der Waals surface area contributed by atoms with Crippen molar-refractivity contribution in [1.29, 1.82) is 0 Å². The van der Waals surface area contributed by atoms with Gasteiger partial charge in [-0.05, 0) is 45.3 Å². The number of amides is 1. The van der Waals surface area contributed by atoms with Crippen molar-refractivity contribution in [3.8, 4) is 0 Å². The molecule has 0 atom stereocenters. The van der Waals surface area contributed by atoms with Gasteiger partial charge in [0.25, 0.3) is 0 Å². The fourth-order valence-electron chi connectivity index (χ4n) is 2.71. The van der Waals surface area contributed by atoms with E-state index in [0.29, 0.717) is 10.4 Å². The molecule has 3 aromatic rings. The number of hydrogen-bond donors (Lipinski definition) is 1. The second-order valence-corrected chi connectivity index (χ2v) is 8.42. The van der Waals surface area contributed by atoms with Crippen LogP contribution in [0.5, 0.6) is 0 Å². The van der Waals surface area contributed by atoms with Crippen molar-refractivity contribution in [2.24, 2.45) is 0 Å². The first kappa shape index (κ1) is 21.9. The molecular formula is C23H20BrNO4S. The van der Waals surface area contributed by atoms with Crippen molar-refractivity contribution in [3.63, 3.8) is 0 Å². The molecule has 1 N–H and O–H groups in total. The van der Waals surface area contributed by atoms with Gasteiger partial charge >= 0.3 is 5.97 Å². The minimum absolute atomic E-state index is 0.0518. The molecule has 5 nitrogen and oxygen atoms in total. The van der Waals surface area contributed by atoms with Crippen LogP contribution < -0.4 is 5.32 Å². The maximum atomic E-state index is 12.3. The highest BCUT2D eigenvalue weighted by atomic mass is 79.9. The predicted molar refractivity (Wildman–Crippen MR) is 119 cm³/mol. The average Bonchev–Trinajstić information content (AvgIpc) is 3.21. The average molecular weight is 486 g/mol. The molecule has 3 rings (SSSR count). The number of nitrogens with one attached hydrogen (secondary N) is 1. The molecule has 0 fully saturated rings. The molecular weight excluding hydrogens is 466 g/mol. The summed E-state index contributed by atoms with van der Waals surface area (Å²) in [4.78, 5) is 37.1. The molecule has 1 aromatic heterocycles. The number of carbonyl (C=O) groups excluding carboxylic acids is 3. The second-order valence-electron chi connectivity index (χ2n) is 6.59. The molecule has 0 saturated heterocycles. The van der Waals surface area contributed by atoms with Gasteiger partial charge < -0.3 is 10.1 Å². The molecule has 7 heteroatoms. The van der Waals surface area contributed by atoms with Gasteiger partial charge in [-0.15, -0.1) is 11.3 Å². The van der Waals surface area contributed by atoms with Gasteiger partial charge in [0.2, 0.25) is 5.91 Å².